The van der Waals surface area contributed by atoms with Gasteiger partial charge in [0.2, 0.25) is 0 Å². The number of rotatable bonds is 3. The van der Waals surface area contributed by atoms with Crippen LogP contribution in [0.1, 0.15) is 5.69 Å². The van der Waals surface area contributed by atoms with E-state index in [-0.39, 0.29) is 4.90 Å². The van der Waals surface area contributed by atoms with Gasteiger partial charge in [-0.3, -0.25) is 9.97 Å². The molecule has 0 atom stereocenters. The molecule has 0 unspecified atom stereocenters. The average Bonchev–Trinajstić information content (AvgIpc) is 2.61. The summed E-state index contributed by atoms with van der Waals surface area (Å²) in [5.74, 6) is 0. The van der Waals surface area contributed by atoms with Crippen molar-refractivity contribution >= 4 is 9.84 Å². The number of hydrogen-bond donors (Lipinski definition) is 0. The van der Waals surface area contributed by atoms with Gasteiger partial charge in [-0.15, -0.1) is 0 Å². The molecular weight excluding hydrogens is 367 g/mol. The van der Waals surface area contributed by atoms with Gasteiger partial charge in [0.1, 0.15) is 5.69 Å². The van der Waals surface area contributed by atoms with Crippen LogP contribution in [0, 0.1) is 0 Å². The Kier molecular flexibility index (Phi) is 4.49. The van der Waals surface area contributed by atoms with Gasteiger partial charge in [-0.05, 0) is 24.3 Å². The Balaban J connectivity index is 1.93. The van der Waals surface area contributed by atoms with Crippen molar-refractivity contribution in [3.8, 4) is 22.5 Å². The van der Waals surface area contributed by atoms with Gasteiger partial charge in [-0.1, -0.05) is 12.1 Å². The van der Waals surface area contributed by atoms with Crippen molar-refractivity contribution in [1.82, 2.24) is 15.0 Å². The van der Waals surface area contributed by atoms with Crippen molar-refractivity contribution < 1.29 is 21.6 Å². The lowest BCUT2D eigenvalue weighted by molar-refractivity contribution is -0.141. The molecule has 0 aliphatic heterocycles. The molecule has 0 bridgehead atoms. The van der Waals surface area contributed by atoms with E-state index in [1.807, 2.05) is 0 Å². The van der Waals surface area contributed by atoms with Crippen LogP contribution < -0.4 is 0 Å². The van der Waals surface area contributed by atoms with Crippen molar-refractivity contribution in [3.05, 3.63) is 60.7 Å². The van der Waals surface area contributed by atoms with Gasteiger partial charge >= 0.3 is 6.18 Å². The first-order valence-corrected chi connectivity index (χ1v) is 9.20. The lowest BCUT2D eigenvalue weighted by atomic mass is 10.1. The third-order valence-corrected chi connectivity index (χ3v) is 4.69. The predicted molar refractivity (Wildman–Crippen MR) is 88.8 cm³/mol. The lowest BCUT2D eigenvalue weighted by Gasteiger charge is -2.07. The Morgan fingerprint density at radius 3 is 1.92 bits per heavy atom. The van der Waals surface area contributed by atoms with Crippen molar-refractivity contribution in [2.24, 2.45) is 0 Å². The van der Waals surface area contributed by atoms with Crippen LogP contribution in [-0.2, 0) is 16.0 Å². The minimum atomic E-state index is -4.51. The van der Waals surface area contributed by atoms with Crippen LogP contribution in [0.2, 0.25) is 0 Å². The molecule has 0 aliphatic carbocycles. The van der Waals surface area contributed by atoms with E-state index in [9.17, 15) is 21.6 Å². The summed E-state index contributed by atoms with van der Waals surface area (Å²) in [5.41, 5.74) is 0.854. The highest BCUT2D eigenvalue weighted by molar-refractivity contribution is 7.90. The van der Waals surface area contributed by atoms with Crippen molar-refractivity contribution in [2.45, 2.75) is 11.1 Å². The van der Waals surface area contributed by atoms with Gasteiger partial charge in [0.05, 0.1) is 28.7 Å². The van der Waals surface area contributed by atoms with Crippen LogP contribution in [0.3, 0.4) is 0 Å². The van der Waals surface area contributed by atoms with Crippen LogP contribution in [0.25, 0.3) is 22.5 Å². The number of sulfone groups is 1. The van der Waals surface area contributed by atoms with E-state index in [0.29, 0.717) is 22.5 Å². The topological polar surface area (TPSA) is 72.8 Å². The summed E-state index contributed by atoms with van der Waals surface area (Å²) in [5, 5.41) is 0. The molecule has 26 heavy (non-hydrogen) atoms. The van der Waals surface area contributed by atoms with E-state index in [4.69, 9.17) is 0 Å². The Bertz CT molecular complexity index is 1030. The molecule has 0 spiro atoms. The van der Waals surface area contributed by atoms with Crippen molar-refractivity contribution in [3.63, 3.8) is 0 Å². The van der Waals surface area contributed by atoms with E-state index in [2.05, 4.69) is 15.0 Å². The van der Waals surface area contributed by atoms with Gasteiger partial charge in [0.15, 0.2) is 9.84 Å². The maximum absolute atomic E-state index is 12.6. The number of pyridine rings is 1. The number of hydrogen-bond acceptors (Lipinski definition) is 5. The molecule has 2 aromatic heterocycles. The maximum atomic E-state index is 12.6. The smallest absolute Gasteiger partial charge is 0.260 e. The fourth-order valence-electron chi connectivity index (χ4n) is 2.23. The van der Waals surface area contributed by atoms with Crippen LogP contribution >= 0.6 is 0 Å². The number of aromatic nitrogens is 3. The molecule has 9 heteroatoms. The Morgan fingerprint density at radius 1 is 0.846 bits per heavy atom. The van der Waals surface area contributed by atoms with Crippen molar-refractivity contribution in [1.29, 1.82) is 0 Å². The highest BCUT2D eigenvalue weighted by Gasteiger charge is 2.32. The molecule has 0 N–H and O–H groups in total. The molecule has 3 aromatic rings. The average molecular weight is 379 g/mol. The number of halogens is 3. The largest absolute Gasteiger partial charge is 0.433 e. The second-order valence-corrected chi connectivity index (χ2v) is 7.53. The first-order chi connectivity index (χ1) is 12.1. The van der Waals surface area contributed by atoms with E-state index in [1.165, 1.54) is 30.6 Å². The summed E-state index contributed by atoms with van der Waals surface area (Å²) in [6.07, 6.45) is 0.589. The Labute approximate surface area is 147 Å². The summed E-state index contributed by atoms with van der Waals surface area (Å²) in [6, 6.07) is 8.25. The molecule has 0 saturated carbocycles. The van der Waals surface area contributed by atoms with Crippen LogP contribution in [-0.4, -0.2) is 29.6 Å². The molecule has 3 rings (SSSR count). The molecule has 2 heterocycles. The first kappa shape index (κ1) is 18.0. The molecule has 0 aliphatic rings. The SMILES string of the molecule is CS(=O)(=O)c1ccc(-c2cncc(-c3ccc(C(F)(F)F)nc3)n2)cc1. The standard InChI is InChI=1S/C17H12F3N3O2S/c1-26(24,25)13-5-2-11(3-6-13)14-9-21-10-15(23-14)12-4-7-16(22-8-12)17(18,19)20/h2-10H,1H3. The summed E-state index contributed by atoms with van der Waals surface area (Å²) in [4.78, 5) is 12.0. The molecular formula is C17H12F3N3O2S. The quantitative estimate of drug-likeness (QED) is 0.695. The molecule has 1 aromatic carbocycles. The molecule has 134 valence electrons. The van der Waals surface area contributed by atoms with E-state index in [0.717, 1.165) is 18.5 Å². The van der Waals surface area contributed by atoms with Gasteiger partial charge in [0.25, 0.3) is 0 Å². The third-order valence-electron chi connectivity index (χ3n) is 3.56. The highest BCUT2D eigenvalue weighted by atomic mass is 32.2. The molecule has 0 amide bonds. The summed E-state index contributed by atoms with van der Waals surface area (Å²) < 4.78 is 60.8. The van der Waals surface area contributed by atoms with Gasteiger partial charge < -0.3 is 0 Å². The maximum Gasteiger partial charge on any atom is 0.433 e. The second kappa shape index (κ2) is 6.49. The Hall–Kier alpha value is -2.81. The zero-order valence-electron chi connectivity index (χ0n) is 13.4. The summed E-state index contributed by atoms with van der Waals surface area (Å²) in [6.45, 7) is 0. The second-order valence-electron chi connectivity index (χ2n) is 5.52. The number of alkyl halides is 3. The monoisotopic (exact) mass is 379 g/mol. The molecule has 0 radical (unpaired) electrons. The normalized spacial score (nSPS) is 12.2. The number of benzene rings is 1. The van der Waals surface area contributed by atoms with Crippen LogP contribution in [0.5, 0.6) is 0 Å². The minimum Gasteiger partial charge on any atom is -0.260 e. The van der Waals surface area contributed by atoms with E-state index in [1.54, 1.807) is 12.1 Å². The predicted octanol–water partition coefficient (Wildman–Crippen LogP) is 3.63. The van der Waals surface area contributed by atoms with Gasteiger partial charge in [0, 0.05) is 23.6 Å². The fourth-order valence-corrected chi connectivity index (χ4v) is 2.86. The summed E-state index contributed by atoms with van der Waals surface area (Å²) >= 11 is 0. The van der Waals surface area contributed by atoms with E-state index >= 15 is 0 Å². The minimum absolute atomic E-state index is 0.178. The fraction of sp³-hybridized carbons (Fsp3) is 0.118. The van der Waals surface area contributed by atoms with Gasteiger partial charge in [-0.2, -0.15) is 13.2 Å². The summed E-state index contributed by atoms with van der Waals surface area (Å²) in [7, 11) is -3.31. The zero-order chi connectivity index (χ0) is 18.9. The van der Waals surface area contributed by atoms with Gasteiger partial charge in [-0.25, -0.2) is 13.4 Å². The third kappa shape index (κ3) is 3.88. The number of nitrogens with zero attached hydrogens (tertiary/aromatic N) is 3. The van der Waals surface area contributed by atoms with Crippen molar-refractivity contribution in [2.75, 3.05) is 6.26 Å². The molecule has 0 saturated heterocycles. The highest BCUT2D eigenvalue weighted by Crippen LogP contribution is 2.29. The molecule has 5 nitrogen and oxygen atoms in total. The Morgan fingerprint density at radius 2 is 1.42 bits per heavy atom. The van der Waals surface area contributed by atoms with Crippen LogP contribution in [0.4, 0.5) is 13.2 Å². The molecule has 0 fully saturated rings. The lowest BCUT2D eigenvalue weighted by Crippen LogP contribution is -2.07. The van der Waals surface area contributed by atoms with Crippen LogP contribution in [0.15, 0.2) is 59.9 Å². The zero-order valence-corrected chi connectivity index (χ0v) is 14.2. The first-order valence-electron chi connectivity index (χ1n) is 7.31. The van der Waals surface area contributed by atoms with E-state index < -0.39 is 21.7 Å².